The lowest BCUT2D eigenvalue weighted by molar-refractivity contribution is -0.139. The highest BCUT2D eigenvalue weighted by Gasteiger charge is 2.13. The molecule has 0 amide bonds. The summed E-state index contributed by atoms with van der Waals surface area (Å²) >= 11 is 5.29. The quantitative estimate of drug-likeness (QED) is 0.311. The number of para-hydroxylation sites is 1. The molecule has 0 aliphatic heterocycles. The van der Waals surface area contributed by atoms with Crippen LogP contribution in [0.3, 0.4) is 0 Å². The van der Waals surface area contributed by atoms with Gasteiger partial charge in [-0.3, -0.25) is 5.10 Å². The second-order valence-corrected chi connectivity index (χ2v) is 6.55. The minimum absolute atomic E-state index is 0.293. The molecule has 4 aromatic rings. The van der Waals surface area contributed by atoms with E-state index in [2.05, 4.69) is 25.5 Å². The van der Waals surface area contributed by atoms with Gasteiger partial charge in [0, 0.05) is 11.1 Å². The van der Waals surface area contributed by atoms with Crippen LogP contribution in [-0.4, -0.2) is 49.0 Å². The summed E-state index contributed by atoms with van der Waals surface area (Å²) in [6.45, 7) is -0.447. The lowest BCUT2D eigenvalue weighted by atomic mass is 10.1. The minimum Gasteiger partial charge on any atom is -0.481 e. The molecule has 30 heavy (non-hydrogen) atoms. The highest BCUT2D eigenvalue weighted by molar-refractivity contribution is 7.71. The monoisotopic (exact) mass is 420 g/mol. The highest BCUT2D eigenvalue weighted by atomic mass is 32.1. The number of aromatic amines is 2. The summed E-state index contributed by atoms with van der Waals surface area (Å²) in [5, 5.41) is 27.5. The van der Waals surface area contributed by atoms with Gasteiger partial charge in [0.05, 0.1) is 11.9 Å². The van der Waals surface area contributed by atoms with Gasteiger partial charge in [-0.25, -0.2) is 9.89 Å². The number of benzene rings is 2. The van der Waals surface area contributed by atoms with Crippen molar-refractivity contribution >= 4 is 24.4 Å². The molecular weight excluding hydrogens is 404 g/mol. The third-order valence-corrected chi connectivity index (χ3v) is 4.39. The molecule has 0 fully saturated rings. The Balaban J connectivity index is 1.64. The van der Waals surface area contributed by atoms with Crippen LogP contribution in [0.1, 0.15) is 5.56 Å². The average Bonchev–Trinajstić information content (AvgIpc) is 3.39. The predicted octanol–water partition coefficient (Wildman–Crippen LogP) is 3.34. The number of aromatic nitrogens is 5. The number of carbonyl (C=O) groups is 1. The van der Waals surface area contributed by atoms with E-state index in [-0.39, 0.29) is 0 Å². The van der Waals surface area contributed by atoms with Crippen molar-refractivity contribution in [2.45, 2.75) is 0 Å². The molecule has 0 unspecified atom stereocenters. The van der Waals surface area contributed by atoms with Gasteiger partial charge >= 0.3 is 5.97 Å². The van der Waals surface area contributed by atoms with Crippen molar-refractivity contribution in [3.63, 3.8) is 0 Å². The molecule has 150 valence electrons. The number of rotatable bonds is 7. The molecule has 0 bridgehead atoms. The molecule has 2 aromatic carbocycles. The molecule has 0 saturated carbocycles. The molecule has 2 heterocycles. The van der Waals surface area contributed by atoms with Gasteiger partial charge in [0.15, 0.2) is 6.61 Å². The Morgan fingerprint density at radius 3 is 2.70 bits per heavy atom. The molecule has 0 atom stereocenters. The van der Waals surface area contributed by atoms with Crippen LogP contribution < -0.4 is 4.74 Å². The SMILES string of the molecule is O=C(O)COc1ccccc1/C=N\n1c(-c2cc(-c3ccccc3)n[nH]2)n[nH]c1=S. The van der Waals surface area contributed by atoms with Gasteiger partial charge in [-0.2, -0.15) is 20.0 Å². The number of carboxylic acid groups (broad SMARTS) is 1. The van der Waals surface area contributed by atoms with Crippen LogP contribution in [0.4, 0.5) is 0 Å². The number of H-pyrrole nitrogens is 2. The van der Waals surface area contributed by atoms with Crippen LogP contribution in [0.2, 0.25) is 0 Å². The van der Waals surface area contributed by atoms with E-state index in [4.69, 9.17) is 22.1 Å². The van der Waals surface area contributed by atoms with Crippen LogP contribution in [0.25, 0.3) is 22.8 Å². The number of hydrogen-bond donors (Lipinski definition) is 3. The molecule has 0 aliphatic rings. The Kier molecular flexibility index (Phi) is 5.48. The number of nitrogens with zero attached hydrogens (tertiary/aromatic N) is 4. The first-order valence-electron chi connectivity index (χ1n) is 8.88. The van der Waals surface area contributed by atoms with Gasteiger partial charge in [0.2, 0.25) is 10.6 Å². The Labute approximate surface area is 175 Å². The van der Waals surface area contributed by atoms with E-state index < -0.39 is 12.6 Å². The summed E-state index contributed by atoms with van der Waals surface area (Å²) in [5.74, 6) is -0.211. The first-order valence-corrected chi connectivity index (χ1v) is 9.29. The van der Waals surface area contributed by atoms with Crippen molar-refractivity contribution in [3.05, 3.63) is 71.0 Å². The van der Waals surface area contributed by atoms with E-state index in [1.54, 1.807) is 24.3 Å². The fraction of sp³-hybridized carbons (Fsp3) is 0.0500. The van der Waals surface area contributed by atoms with Gasteiger partial charge in [-0.1, -0.05) is 42.5 Å². The van der Waals surface area contributed by atoms with E-state index >= 15 is 0 Å². The van der Waals surface area contributed by atoms with Crippen LogP contribution in [0, 0.1) is 4.77 Å². The fourth-order valence-corrected chi connectivity index (χ4v) is 2.92. The van der Waals surface area contributed by atoms with Crippen LogP contribution in [-0.2, 0) is 4.79 Å². The number of carboxylic acids is 1. The van der Waals surface area contributed by atoms with Gasteiger partial charge < -0.3 is 9.84 Å². The molecule has 2 aromatic heterocycles. The zero-order valence-electron chi connectivity index (χ0n) is 15.5. The minimum atomic E-state index is -1.06. The van der Waals surface area contributed by atoms with Crippen molar-refractivity contribution in [2.75, 3.05) is 6.61 Å². The third-order valence-electron chi connectivity index (χ3n) is 4.12. The van der Waals surface area contributed by atoms with E-state index in [9.17, 15) is 4.79 Å². The lowest BCUT2D eigenvalue weighted by Gasteiger charge is -2.06. The van der Waals surface area contributed by atoms with Crippen molar-refractivity contribution in [1.29, 1.82) is 0 Å². The maximum atomic E-state index is 10.8. The fourth-order valence-electron chi connectivity index (χ4n) is 2.74. The summed E-state index contributed by atoms with van der Waals surface area (Å²) in [5.41, 5.74) is 2.97. The van der Waals surface area contributed by atoms with E-state index in [0.29, 0.717) is 27.6 Å². The second-order valence-electron chi connectivity index (χ2n) is 6.16. The van der Waals surface area contributed by atoms with Gasteiger partial charge in [0.1, 0.15) is 11.4 Å². The number of nitrogens with one attached hydrogen (secondary N) is 2. The van der Waals surface area contributed by atoms with Crippen molar-refractivity contribution in [1.82, 2.24) is 25.1 Å². The average molecular weight is 420 g/mol. The van der Waals surface area contributed by atoms with Crippen LogP contribution in [0.5, 0.6) is 5.75 Å². The molecule has 3 N–H and O–H groups in total. The maximum absolute atomic E-state index is 10.8. The zero-order valence-corrected chi connectivity index (χ0v) is 16.3. The van der Waals surface area contributed by atoms with E-state index in [1.807, 2.05) is 36.4 Å². The molecule has 0 radical (unpaired) electrons. The van der Waals surface area contributed by atoms with Gasteiger partial charge in [-0.05, 0) is 30.4 Å². The number of aliphatic carboxylic acids is 1. The van der Waals surface area contributed by atoms with Gasteiger partial charge in [0.25, 0.3) is 0 Å². The summed E-state index contributed by atoms with van der Waals surface area (Å²) in [6.07, 6.45) is 1.53. The summed E-state index contributed by atoms with van der Waals surface area (Å²) in [6, 6.07) is 18.6. The molecule has 0 spiro atoms. The largest absolute Gasteiger partial charge is 0.481 e. The first kappa shape index (κ1) is 19.3. The molecule has 4 rings (SSSR count). The lowest BCUT2D eigenvalue weighted by Crippen LogP contribution is -2.10. The smallest absolute Gasteiger partial charge is 0.341 e. The molecule has 10 heteroatoms. The number of ether oxygens (including phenoxy) is 1. The first-order chi connectivity index (χ1) is 14.6. The van der Waals surface area contributed by atoms with Crippen molar-refractivity contribution in [3.8, 4) is 28.5 Å². The summed E-state index contributed by atoms with van der Waals surface area (Å²) < 4.78 is 7.04. The molecule has 0 saturated heterocycles. The molecule has 9 nitrogen and oxygen atoms in total. The van der Waals surface area contributed by atoms with E-state index in [1.165, 1.54) is 10.9 Å². The Bertz CT molecular complexity index is 1260. The Morgan fingerprint density at radius 1 is 1.13 bits per heavy atom. The Hall–Kier alpha value is -4.05. The Morgan fingerprint density at radius 2 is 1.90 bits per heavy atom. The predicted molar refractivity (Wildman–Crippen MR) is 113 cm³/mol. The number of hydrogen-bond acceptors (Lipinski definition) is 6. The van der Waals surface area contributed by atoms with E-state index in [0.717, 1.165) is 11.3 Å². The van der Waals surface area contributed by atoms with Crippen molar-refractivity contribution in [2.24, 2.45) is 5.10 Å². The van der Waals surface area contributed by atoms with Crippen LogP contribution in [0.15, 0.2) is 65.8 Å². The highest BCUT2D eigenvalue weighted by Crippen LogP contribution is 2.23. The molecular formula is C20H16N6O3S. The normalized spacial score (nSPS) is 11.1. The summed E-state index contributed by atoms with van der Waals surface area (Å²) in [4.78, 5) is 10.8. The van der Waals surface area contributed by atoms with Crippen molar-refractivity contribution < 1.29 is 14.6 Å². The second kappa shape index (κ2) is 8.53. The molecule has 0 aliphatic carbocycles. The standard InChI is InChI=1S/C20H16N6O3S/c27-18(28)12-29-17-9-5-4-8-14(17)11-21-26-19(24-25-20(26)30)16-10-15(22-23-16)13-6-2-1-3-7-13/h1-11H,12H2,(H,22,23)(H,25,30)(H,27,28)/b21-11-. The topological polar surface area (TPSA) is 121 Å². The van der Waals surface area contributed by atoms with Crippen LogP contribution >= 0.6 is 12.2 Å². The third kappa shape index (κ3) is 4.18. The zero-order chi connectivity index (χ0) is 20.9. The summed E-state index contributed by atoms with van der Waals surface area (Å²) in [7, 11) is 0. The van der Waals surface area contributed by atoms with Gasteiger partial charge in [-0.15, -0.1) is 0 Å². The maximum Gasteiger partial charge on any atom is 0.341 e.